The van der Waals surface area contributed by atoms with Crippen LogP contribution in [0.4, 0.5) is 19.1 Å². The summed E-state index contributed by atoms with van der Waals surface area (Å²) >= 11 is 0. The maximum atomic E-state index is 13.2. The van der Waals surface area contributed by atoms with Crippen molar-refractivity contribution in [3.8, 4) is 22.5 Å². The molecule has 1 aromatic carbocycles. The van der Waals surface area contributed by atoms with Crippen LogP contribution in [0.25, 0.3) is 33.5 Å². The van der Waals surface area contributed by atoms with E-state index in [1.807, 2.05) is 6.92 Å². The SMILES string of the molecule is CCNc1nccc(-c2cc3cn[nH]c3nc2-c2cccc(C(F)(F)F)c2)n1. The van der Waals surface area contributed by atoms with Crippen molar-refractivity contribution in [1.82, 2.24) is 25.1 Å². The largest absolute Gasteiger partial charge is 0.416 e. The van der Waals surface area contributed by atoms with Crippen molar-refractivity contribution in [2.24, 2.45) is 0 Å². The molecule has 3 heterocycles. The van der Waals surface area contributed by atoms with Gasteiger partial charge in [0.25, 0.3) is 0 Å². The summed E-state index contributed by atoms with van der Waals surface area (Å²) in [5.74, 6) is 0.433. The Morgan fingerprint density at radius 2 is 1.96 bits per heavy atom. The highest BCUT2D eigenvalue weighted by Gasteiger charge is 2.30. The van der Waals surface area contributed by atoms with Gasteiger partial charge in [-0.1, -0.05) is 12.1 Å². The number of H-pyrrole nitrogens is 1. The molecular weight excluding hydrogens is 369 g/mol. The van der Waals surface area contributed by atoms with E-state index in [0.29, 0.717) is 40.7 Å². The van der Waals surface area contributed by atoms with Crippen LogP contribution in [0.1, 0.15) is 12.5 Å². The number of fused-ring (bicyclic) bond motifs is 1. The minimum atomic E-state index is -4.44. The molecule has 0 bridgehead atoms. The summed E-state index contributed by atoms with van der Waals surface area (Å²) < 4.78 is 39.5. The molecule has 3 aromatic heterocycles. The first-order valence-electron chi connectivity index (χ1n) is 8.55. The van der Waals surface area contributed by atoms with Crippen molar-refractivity contribution in [2.75, 3.05) is 11.9 Å². The van der Waals surface area contributed by atoms with Crippen LogP contribution in [0, 0.1) is 0 Å². The second-order valence-electron chi connectivity index (χ2n) is 6.07. The summed E-state index contributed by atoms with van der Waals surface area (Å²) in [7, 11) is 0. The van der Waals surface area contributed by atoms with E-state index in [4.69, 9.17) is 0 Å². The van der Waals surface area contributed by atoms with E-state index in [2.05, 4.69) is 30.5 Å². The first kappa shape index (κ1) is 17.9. The molecule has 4 aromatic rings. The number of hydrogen-bond donors (Lipinski definition) is 2. The fraction of sp³-hybridized carbons (Fsp3) is 0.158. The van der Waals surface area contributed by atoms with Gasteiger partial charge in [-0.25, -0.2) is 15.0 Å². The second-order valence-corrected chi connectivity index (χ2v) is 6.07. The third kappa shape index (κ3) is 3.38. The van der Waals surface area contributed by atoms with E-state index >= 15 is 0 Å². The number of aromatic nitrogens is 5. The standard InChI is InChI=1S/C19H15F3N6/c1-2-23-18-24-7-6-15(26-18)14-9-12-10-25-28-17(12)27-16(14)11-4-3-5-13(8-11)19(20,21)22/h3-10H,2H2,1H3,(H,23,24,26)(H,25,27,28). The quantitative estimate of drug-likeness (QED) is 0.540. The molecule has 0 saturated carbocycles. The molecule has 0 spiro atoms. The molecule has 9 heteroatoms. The van der Waals surface area contributed by atoms with Gasteiger partial charge in [0.05, 0.1) is 23.1 Å². The number of aromatic amines is 1. The first-order valence-corrected chi connectivity index (χ1v) is 8.55. The fourth-order valence-electron chi connectivity index (χ4n) is 2.89. The highest BCUT2D eigenvalue weighted by Crippen LogP contribution is 2.36. The summed E-state index contributed by atoms with van der Waals surface area (Å²) in [6, 6.07) is 8.58. The van der Waals surface area contributed by atoms with Crippen molar-refractivity contribution < 1.29 is 13.2 Å². The molecule has 0 amide bonds. The van der Waals surface area contributed by atoms with E-state index in [1.165, 1.54) is 6.07 Å². The lowest BCUT2D eigenvalue weighted by Crippen LogP contribution is -2.05. The number of hydrogen-bond acceptors (Lipinski definition) is 5. The van der Waals surface area contributed by atoms with Crippen molar-refractivity contribution in [2.45, 2.75) is 13.1 Å². The first-order chi connectivity index (χ1) is 13.5. The van der Waals surface area contributed by atoms with Crippen molar-refractivity contribution >= 4 is 17.0 Å². The molecule has 0 saturated heterocycles. The molecule has 2 N–H and O–H groups in total. The summed E-state index contributed by atoms with van der Waals surface area (Å²) in [4.78, 5) is 13.1. The molecule has 0 aliphatic heterocycles. The van der Waals surface area contributed by atoms with Crippen LogP contribution in [-0.2, 0) is 6.18 Å². The van der Waals surface area contributed by atoms with E-state index in [0.717, 1.165) is 17.5 Å². The van der Waals surface area contributed by atoms with Crippen LogP contribution in [0.3, 0.4) is 0 Å². The van der Waals surface area contributed by atoms with Crippen LogP contribution in [0.5, 0.6) is 0 Å². The average molecular weight is 384 g/mol. The van der Waals surface area contributed by atoms with Gasteiger partial charge < -0.3 is 5.32 Å². The monoisotopic (exact) mass is 384 g/mol. The maximum Gasteiger partial charge on any atom is 0.416 e. The maximum absolute atomic E-state index is 13.2. The van der Waals surface area contributed by atoms with Crippen LogP contribution in [0.2, 0.25) is 0 Å². The minimum absolute atomic E-state index is 0.338. The molecule has 0 aliphatic rings. The Kier molecular flexibility index (Phi) is 4.42. The molecule has 28 heavy (non-hydrogen) atoms. The van der Waals surface area contributed by atoms with Crippen molar-refractivity contribution in [3.63, 3.8) is 0 Å². The van der Waals surface area contributed by atoms with E-state index in [-0.39, 0.29) is 0 Å². The molecule has 0 aliphatic carbocycles. The van der Waals surface area contributed by atoms with Gasteiger partial charge in [-0.3, -0.25) is 5.10 Å². The Bertz CT molecular complexity index is 1140. The Hall–Kier alpha value is -3.49. The highest BCUT2D eigenvalue weighted by molar-refractivity contribution is 5.89. The number of nitrogens with zero attached hydrogens (tertiary/aromatic N) is 4. The van der Waals surface area contributed by atoms with Crippen LogP contribution in [0.15, 0.2) is 48.8 Å². The second kappa shape index (κ2) is 6.91. The number of alkyl halides is 3. The Balaban J connectivity index is 1.93. The molecule has 4 rings (SSSR count). The van der Waals surface area contributed by atoms with Gasteiger partial charge in [0.1, 0.15) is 0 Å². The lowest BCUT2D eigenvalue weighted by atomic mass is 10.0. The minimum Gasteiger partial charge on any atom is -0.354 e. The van der Waals surface area contributed by atoms with Crippen molar-refractivity contribution in [1.29, 1.82) is 0 Å². The molecule has 0 fully saturated rings. The van der Waals surface area contributed by atoms with Crippen LogP contribution < -0.4 is 5.32 Å². The molecule has 142 valence electrons. The number of benzene rings is 1. The Morgan fingerprint density at radius 1 is 1.11 bits per heavy atom. The Morgan fingerprint density at radius 3 is 2.75 bits per heavy atom. The summed E-state index contributed by atoms with van der Waals surface area (Å²) in [6.07, 6.45) is -1.24. The highest BCUT2D eigenvalue weighted by atomic mass is 19.4. The Labute approximate surface area is 157 Å². The number of halogens is 3. The van der Waals surface area contributed by atoms with E-state index in [9.17, 15) is 13.2 Å². The number of nitrogens with one attached hydrogen (secondary N) is 2. The summed E-state index contributed by atoms with van der Waals surface area (Å²) in [6.45, 7) is 2.56. The zero-order valence-electron chi connectivity index (χ0n) is 14.7. The molecule has 6 nitrogen and oxygen atoms in total. The number of anilines is 1. The van der Waals surface area contributed by atoms with Gasteiger partial charge >= 0.3 is 6.18 Å². The lowest BCUT2D eigenvalue weighted by molar-refractivity contribution is -0.137. The van der Waals surface area contributed by atoms with Gasteiger partial charge in [-0.2, -0.15) is 18.3 Å². The molecular formula is C19H15F3N6. The van der Waals surface area contributed by atoms with Crippen LogP contribution in [-0.4, -0.2) is 31.7 Å². The predicted molar refractivity (Wildman–Crippen MR) is 99.5 cm³/mol. The van der Waals surface area contributed by atoms with E-state index < -0.39 is 11.7 Å². The van der Waals surface area contributed by atoms with E-state index in [1.54, 1.807) is 30.6 Å². The van der Waals surface area contributed by atoms with Gasteiger partial charge in [-0.05, 0) is 31.2 Å². The topological polar surface area (TPSA) is 79.4 Å². The fourth-order valence-corrected chi connectivity index (χ4v) is 2.89. The van der Waals surface area contributed by atoms with Gasteiger partial charge in [0.2, 0.25) is 5.95 Å². The predicted octanol–water partition coefficient (Wildman–Crippen LogP) is 4.53. The van der Waals surface area contributed by atoms with Gasteiger partial charge in [-0.15, -0.1) is 0 Å². The zero-order valence-corrected chi connectivity index (χ0v) is 14.7. The zero-order chi connectivity index (χ0) is 19.7. The smallest absolute Gasteiger partial charge is 0.354 e. The number of rotatable bonds is 4. The third-order valence-electron chi connectivity index (χ3n) is 4.16. The number of pyridine rings is 1. The van der Waals surface area contributed by atoms with Gasteiger partial charge in [0.15, 0.2) is 5.65 Å². The third-order valence-corrected chi connectivity index (χ3v) is 4.16. The summed E-state index contributed by atoms with van der Waals surface area (Å²) in [5, 5.41) is 10.5. The van der Waals surface area contributed by atoms with Crippen molar-refractivity contribution in [3.05, 3.63) is 54.4 Å². The van der Waals surface area contributed by atoms with Gasteiger partial charge in [0, 0.05) is 29.3 Å². The van der Waals surface area contributed by atoms with Crippen LogP contribution >= 0.6 is 0 Å². The average Bonchev–Trinajstić information content (AvgIpc) is 3.14. The normalized spacial score (nSPS) is 11.7. The lowest BCUT2D eigenvalue weighted by Gasteiger charge is -2.12. The molecule has 0 atom stereocenters. The molecule has 0 unspecified atom stereocenters. The molecule has 0 radical (unpaired) electrons. The summed E-state index contributed by atoms with van der Waals surface area (Å²) in [5.41, 5.74) is 1.60.